The second-order valence-corrected chi connectivity index (χ2v) is 4.35. The van der Waals surface area contributed by atoms with Gasteiger partial charge in [0.2, 0.25) is 0 Å². The molecular weight excluding hydrogens is 196 g/mol. The highest BCUT2D eigenvalue weighted by Crippen LogP contribution is 2.07. The van der Waals surface area contributed by atoms with Crippen LogP contribution in [0.5, 0.6) is 0 Å². The number of nitrogens with two attached hydrogens (primary N) is 1. The molecule has 3 nitrogen and oxygen atoms in total. The van der Waals surface area contributed by atoms with Crippen LogP contribution in [0.15, 0.2) is 16.8 Å². The molecule has 0 bridgehead atoms. The van der Waals surface area contributed by atoms with Gasteiger partial charge in [0.25, 0.3) is 5.91 Å². The molecule has 0 radical (unpaired) electrons. The molecular formula is C10H16N2OS. The molecule has 1 amide bonds. The van der Waals surface area contributed by atoms with Crippen LogP contribution in [0.2, 0.25) is 0 Å². The highest BCUT2D eigenvalue weighted by Gasteiger charge is 2.15. The molecule has 1 atom stereocenters. The van der Waals surface area contributed by atoms with E-state index in [1.165, 1.54) is 11.3 Å². The molecule has 1 aromatic rings. The van der Waals surface area contributed by atoms with Gasteiger partial charge in [-0.05, 0) is 17.4 Å². The fourth-order valence-corrected chi connectivity index (χ4v) is 1.78. The Kier molecular flexibility index (Phi) is 4.10. The third kappa shape index (κ3) is 2.82. The van der Waals surface area contributed by atoms with Gasteiger partial charge in [-0.3, -0.25) is 4.79 Å². The third-order valence-electron chi connectivity index (χ3n) is 2.16. The molecule has 1 heterocycles. The van der Waals surface area contributed by atoms with Crippen molar-refractivity contribution in [2.75, 3.05) is 6.54 Å². The maximum atomic E-state index is 11.6. The summed E-state index contributed by atoms with van der Waals surface area (Å²) in [7, 11) is 0. The molecule has 1 rings (SSSR count). The number of carbonyl (C=O) groups is 1. The average molecular weight is 212 g/mol. The van der Waals surface area contributed by atoms with E-state index in [0.717, 1.165) is 0 Å². The minimum Gasteiger partial charge on any atom is -0.348 e. The average Bonchev–Trinajstić information content (AvgIpc) is 2.65. The summed E-state index contributed by atoms with van der Waals surface area (Å²) in [5.74, 6) is 0.331. The first-order valence-electron chi connectivity index (χ1n) is 4.68. The van der Waals surface area contributed by atoms with Crippen LogP contribution in [0.4, 0.5) is 0 Å². The Labute approximate surface area is 88.3 Å². The van der Waals surface area contributed by atoms with Gasteiger partial charge in [0.15, 0.2) is 0 Å². The number of amides is 1. The number of thiophene rings is 1. The van der Waals surface area contributed by atoms with Crippen molar-refractivity contribution in [1.82, 2.24) is 5.32 Å². The minimum atomic E-state index is -0.0320. The highest BCUT2D eigenvalue weighted by atomic mass is 32.1. The van der Waals surface area contributed by atoms with Crippen molar-refractivity contribution in [2.45, 2.75) is 19.9 Å². The van der Waals surface area contributed by atoms with E-state index in [2.05, 4.69) is 5.32 Å². The van der Waals surface area contributed by atoms with Gasteiger partial charge in [-0.25, -0.2) is 0 Å². The summed E-state index contributed by atoms with van der Waals surface area (Å²) in [6.45, 7) is 4.57. The van der Waals surface area contributed by atoms with Gasteiger partial charge < -0.3 is 11.1 Å². The first-order chi connectivity index (χ1) is 6.65. The highest BCUT2D eigenvalue weighted by molar-refractivity contribution is 7.08. The standard InChI is InChI=1S/C10H16N2OS/c1-7(2)9(5-11)12-10(13)8-3-4-14-6-8/h3-4,6-7,9H,5,11H2,1-2H3,(H,12,13). The molecule has 0 spiro atoms. The van der Waals surface area contributed by atoms with Crippen molar-refractivity contribution in [3.8, 4) is 0 Å². The van der Waals surface area contributed by atoms with E-state index in [1.807, 2.05) is 30.7 Å². The van der Waals surface area contributed by atoms with E-state index in [0.29, 0.717) is 18.0 Å². The van der Waals surface area contributed by atoms with Crippen LogP contribution in [0.3, 0.4) is 0 Å². The second-order valence-electron chi connectivity index (χ2n) is 3.57. The summed E-state index contributed by atoms with van der Waals surface area (Å²) in [5, 5.41) is 6.64. The summed E-state index contributed by atoms with van der Waals surface area (Å²) in [6.07, 6.45) is 0. The zero-order chi connectivity index (χ0) is 10.6. The summed E-state index contributed by atoms with van der Waals surface area (Å²) < 4.78 is 0. The molecule has 14 heavy (non-hydrogen) atoms. The second kappa shape index (κ2) is 5.12. The number of nitrogens with one attached hydrogen (secondary N) is 1. The number of rotatable bonds is 4. The van der Waals surface area contributed by atoms with Crippen molar-refractivity contribution in [3.05, 3.63) is 22.4 Å². The molecule has 0 saturated heterocycles. The fraction of sp³-hybridized carbons (Fsp3) is 0.500. The Bertz CT molecular complexity index is 282. The van der Waals surface area contributed by atoms with Crippen molar-refractivity contribution in [1.29, 1.82) is 0 Å². The normalized spacial score (nSPS) is 12.9. The van der Waals surface area contributed by atoms with Crippen molar-refractivity contribution in [2.24, 2.45) is 11.7 Å². The van der Waals surface area contributed by atoms with Crippen LogP contribution in [-0.2, 0) is 0 Å². The molecule has 1 aromatic heterocycles. The van der Waals surface area contributed by atoms with Gasteiger partial charge in [-0.1, -0.05) is 13.8 Å². The monoisotopic (exact) mass is 212 g/mol. The molecule has 1 unspecified atom stereocenters. The van der Waals surface area contributed by atoms with Crippen LogP contribution in [0.25, 0.3) is 0 Å². The molecule has 0 aliphatic heterocycles. The maximum absolute atomic E-state index is 11.6. The van der Waals surface area contributed by atoms with E-state index >= 15 is 0 Å². The Hall–Kier alpha value is -0.870. The van der Waals surface area contributed by atoms with Crippen LogP contribution in [0.1, 0.15) is 24.2 Å². The zero-order valence-electron chi connectivity index (χ0n) is 8.49. The zero-order valence-corrected chi connectivity index (χ0v) is 9.30. The molecule has 0 fully saturated rings. The Morgan fingerprint density at radius 3 is 2.79 bits per heavy atom. The molecule has 0 saturated carbocycles. The van der Waals surface area contributed by atoms with Gasteiger partial charge in [0.1, 0.15) is 0 Å². The van der Waals surface area contributed by atoms with E-state index in [1.54, 1.807) is 0 Å². The van der Waals surface area contributed by atoms with Crippen molar-refractivity contribution in [3.63, 3.8) is 0 Å². The molecule has 0 aliphatic rings. The topological polar surface area (TPSA) is 55.1 Å². The quantitative estimate of drug-likeness (QED) is 0.794. The number of hydrogen-bond donors (Lipinski definition) is 2. The van der Waals surface area contributed by atoms with Crippen LogP contribution in [-0.4, -0.2) is 18.5 Å². The first kappa shape index (κ1) is 11.2. The van der Waals surface area contributed by atoms with Gasteiger partial charge >= 0.3 is 0 Å². The van der Waals surface area contributed by atoms with Crippen LogP contribution < -0.4 is 11.1 Å². The summed E-state index contributed by atoms with van der Waals surface area (Å²) in [6, 6.07) is 1.87. The Morgan fingerprint density at radius 2 is 2.36 bits per heavy atom. The molecule has 0 aromatic carbocycles. The van der Waals surface area contributed by atoms with E-state index in [9.17, 15) is 4.79 Å². The van der Waals surface area contributed by atoms with Gasteiger partial charge in [0, 0.05) is 23.5 Å². The lowest BCUT2D eigenvalue weighted by Crippen LogP contribution is -2.43. The molecule has 3 N–H and O–H groups in total. The van der Waals surface area contributed by atoms with Crippen molar-refractivity contribution >= 4 is 17.2 Å². The largest absolute Gasteiger partial charge is 0.348 e. The summed E-state index contributed by atoms with van der Waals surface area (Å²) >= 11 is 1.52. The Balaban J connectivity index is 2.56. The Morgan fingerprint density at radius 1 is 1.64 bits per heavy atom. The lowest BCUT2D eigenvalue weighted by atomic mass is 10.0. The lowest BCUT2D eigenvalue weighted by molar-refractivity contribution is 0.0928. The van der Waals surface area contributed by atoms with Gasteiger partial charge in [0.05, 0.1) is 0 Å². The van der Waals surface area contributed by atoms with E-state index in [-0.39, 0.29) is 11.9 Å². The fourth-order valence-electron chi connectivity index (χ4n) is 1.14. The van der Waals surface area contributed by atoms with Crippen molar-refractivity contribution < 1.29 is 4.79 Å². The predicted octanol–water partition coefficient (Wildman–Crippen LogP) is 1.46. The van der Waals surface area contributed by atoms with E-state index < -0.39 is 0 Å². The van der Waals surface area contributed by atoms with Crippen LogP contribution >= 0.6 is 11.3 Å². The minimum absolute atomic E-state index is 0.0320. The smallest absolute Gasteiger partial charge is 0.252 e. The maximum Gasteiger partial charge on any atom is 0.252 e. The molecule has 78 valence electrons. The van der Waals surface area contributed by atoms with E-state index in [4.69, 9.17) is 5.73 Å². The first-order valence-corrected chi connectivity index (χ1v) is 5.62. The summed E-state index contributed by atoms with van der Waals surface area (Å²) in [5.41, 5.74) is 6.28. The number of carbonyl (C=O) groups excluding carboxylic acids is 1. The third-order valence-corrected chi connectivity index (χ3v) is 2.84. The van der Waals surface area contributed by atoms with Gasteiger partial charge in [-0.2, -0.15) is 11.3 Å². The van der Waals surface area contributed by atoms with Gasteiger partial charge in [-0.15, -0.1) is 0 Å². The molecule has 0 aliphatic carbocycles. The number of hydrogen-bond acceptors (Lipinski definition) is 3. The van der Waals surface area contributed by atoms with Crippen LogP contribution in [0, 0.1) is 5.92 Å². The molecule has 4 heteroatoms. The summed E-state index contributed by atoms with van der Waals surface area (Å²) in [4.78, 5) is 11.6. The lowest BCUT2D eigenvalue weighted by Gasteiger charge is -2.19. The SMILES string of the molecule is CC(C)C(CN)NC(=O)c1ccsc1. The predicted molar refractivity (Wildman–Crippen MR) is 59.5 cm³/mol.